The lowest BCUT2D eigenvalue weighted by molar-refractivity contribution is 0.366. The molecule has 6 rings (SSSR count). The first kappa shape index (κ1) is 33.7. The monoisotopic (exact) mass is 656 g/mol. The number of unbranched alkanes of at least 4 members (excludes halogenated alkanes) is 2. The number of nitrogens with zero attached hydrogens (tertiary/aromatic N) is 4. The van der Waals surface area contributed by atoms with Crippen LogP contribution in [0.5, 0.6) is 11.5 Å². The summed E-state index contributed by atoms with van der Waals surface area (Å²) in [6.07, 6.45) is 3.79. The summed E-state index contributed by atoms with van der Waals surface area (Å²) in [6, 6.07) is 27.7. The van der Waals surface area contributed by atoms with Crippen LogP contribution in [0, 0.1) is 0 Å². The maximum atomic E-state index is 11.3. The van der Waals surface area contributed by atoms with Crippen molar-refractivity contribution < 1.29 is 19.3 Å². The van der Waals surface area contributed by atoms with E-state index < -0.39 is 0 Å². The van der Waals surface area contributed by atoms with Gasteiger partial charge in [0.05, 0.1) is 11.1 Å². The second kappa shape index (κ2) is 13.7. The van der Waals surface area contributed by atoms with Crippen molar-refractivity contribution in [2.45, 2.75) is 84.5 Å². The maximum absolute atomic E-state index is 11.3. The Morgan fingerprint density at radius 2 is 0.878 bits per heavy atom. The largest absolute Gasteiger partial charge is 0.507 e. The van der Waals surface area contributed by atoms with Crippen molar-refractivity contribution >= 4 is 0 Å². The number of phenols is 2. The van der Waals surface area contributed by atoms with E-state index in [2.05, 4.69) is 61.8 Å². The summed E-state index contributed by atoms with van der Waals surface area (Å²) >= 11 is 0. The van der Waals surface area contributed by atoms with Gasteiger partial charge in [0.1, 0.15) is 11.5 Å². The van der Waals surface area contributed by atoms with Gasteiger partial charge in [-0.05, 0) is 70.2 Å². The van der Waals surface area contributed by atoms with E-state index in [4.69, 9.17) is 9.05 Å². The van der Waals surface area contributed by atoms with Crippen LogP contribution in [-0.4, -0.2) is 30.5 Å². The summed E-state index contributed by atoms with van der Waals surface area (Å²) in [7, 11) is 0. The van der Waals surface area contributed by atoms with Crippen molar-refractivity contribution in [1.82, 2.24) is 20.3 Å². The quantitative estimate of drug-likeness (QED) is 0.140. The molecular weight excluding hydrogens is 612 g/mol. The number of aryl methyl sites for hydroxylation is 2. The molecule has 8 heteroatoms. The highest BCUT2D eigenvalue weighted by molar-refractivity contribution is 5.82. The lowest BCUT2D eigenvalue weighted by Crippen LogP contribution is -2.11. The van der Waals surface area contributed by atoms with Gasteiger partial charge in [0.25, 0.3) is 0 Å². The second-order valence-corrected chi connectivity index (χ2v) is 14.7. The maximum Gasteiger partial charge on any atom is 0.226 e. The van der Waals surface area contributed by atoms with Gasteiger partial charge in [-0.1, -0.05) is 119 Å². The molecule has 6 aromatic rings. The molecule has 0 atom stereocenters. The van der Waals surface area contributed by atoms with Gasteiger partial charge in [-0.25, -0.2) is 0 Å². The molecule has 0 radical (unpaired) electrons. The van der Waals surface area contributed by atoms with E-state index in [-0.39, 0.29) is 22.3 Å². The Balaban J connectivity index is 1.11. The van der Waals surface area contributed by atoms with Gasteiger partial charge in [0, 0.05) is 24.0 Å². The molecule has 0 fully saturated rings. The number of benzene rings is 4. The molecule has 0 aliphatic rings. The fraction of sp³-hybridized carbons (Fsp3) is 0.317. The summed E-state index contributed by atoms with van der Waals surface area (Å²) < 4.78 is 11.2. The smallest absolute Gasteiger partial charge is 0.226 e. The number of aromatic hydroxyl groups is 2. The minimum atomic E-state index is -0.139. The van der Waals surface area contributed by atoms with Gasteiger partial charge in [0.15, 0.2) is 0 Å². The fourth-order valence-corrected chi connectivity index (χ4v) is 5.81. The third-order valence-electron chi connectivity index (χ3n) is 8.82. The summed E-state index contributed by atoms with van der Waals surface area (Å²) in [6.45, 7) is 12.9. The predicted octanol–water partition coefficient (Wildman–Crippen LogP) is 10.1. The molecular formula is C41H44N4O4. The molecule has 0 unspecified atom stereocenters. The molecule has 0 aliphatic carbocycles. The lowest BCUT2D eigenvalue weighted by atomic mass is 9.83. The minimum Gasteiger partial charge on any atom is -0.507 e. The van der Waals surface area contributed by atoms with Gasteiger partial charge in [-0.15, -0.1) is 0 Å². The van der Waals surface area contributed by atoms with E-state index in [1.807, 2.05) is 84.9 Å². The first-order chi connectivity index (χ1) is 23.4. The van der Waals surface area contributed by atoms with Gasteiger partial charge in [0.2, 0.25) is 23.4 Å². The SMILES string of the molecule is CC(C)(C)c1cc(-c2ccccc2)c(O)c(-c2noc(CCCCCc3nc(-c4cc(C(C)(C)C)cc(-c5ccccc5)c4O)no3)n2)c1. The summed E-state index contributed by atoms with van der Waals surface area (Å²) in [5.74, 6) is 2.09. The zero-order valence-electron chi connectivity index (χ0n) is 29.1. The molecule has 8 nitrogen and oxygen atoms in total. The molecule has 0 spiro atoms. The third-order valence-corrected chi connectivity index (χ3v) is 8.82. The van der Waals surface area contributed by atoms with Crippen molar-refractivity contribution in [3.05, 3.63) is 108 Å². The van der Waals surface area contributed by atoms with Crippen LogP contribution >= 0.6 is 0 Å². The van der Waals surface area contributed by atoms with Gasteiger partial charge < -0.3 is 19.3 Å². The highest BCUT2D eigenvalue weighted by Crippen LogP contribution is 2.42. The van der Waals surface area contributed by atoms with Crippen molar-refractivity contribution in [3.63, 3.8) is 0 Å². The van der Waals surface area contributed by atoms with E-state index >= 15 is 0 Å². The summed E-state index contributed by atoms with van der Waals surface area (Å²) in [4.78, 5) is 9.30. The molecule has 0 bridgehead atoms. The van der Waals surface area contributed by atoms with Crippen LogP contribution in [0.4, 0.5) is 0 Å². The summed E-state index contributed by atoms with van der Waals surface area (Å²) in [5, 5.41) is 31.1. The summed E-state index contributed by atoms with van der Waals surface area (Å²) in [5.41, 5.74) is 6.32. The highest BCUT2D eigenvalue weighted by Gasteiger charge is 2.24. The Morgan fingerprint density at radius 3 is 1.24 bits per heavy atom. The van der Waals surface area contributed by atoms with E-state index in [9.17, 15) is 10.2 Å². The van der Waals surface area contributed by atoms with Crippen LogP contribution in [0.15, 0.2) is 94.0 Å². The van der Waals surface area contributed by atoms with E-state index in [0.29, 0.717) is 47.4 Å². The Labute approximate surface area is 287 Å². The third kappa shape index (κ3) is 7.59. The van der Waals surface area contributed by atoms with E-state index in [0.717, 1.165) is 52.6 Å². The number of hydrogen-bond acceptors (Lipinski definition) is 8. The molecule has 4 aromatic carbocycles. The number of rotatable bonds is 10. The van der Waals surface area contributed by atoms with Crippen molar-refractivity contribution in [2.75, 3.05) is 0 Å². The predicted molar refractivity (Wildman–Crippen MR) is 192 cm³/mol. The standard InChI is InChI=1S/C41H44N4O4/c1-40(2,3)28-22-30(26-16-10-7-11-17-26)36(46)32(24-28)38-42-34(48-44-38)20-14-9-15-21-35-43-39(45-49-35)33-25-29(41(4,5)6)23-31(37(33)47)27-18-12-8-13-19-27/h7-8,10-13,16-19,22-25,46-47H,9,14-15,20-21H2,1-6H3. The van der Waals surface area contributed by atoms with Crippen molar-refractivity contribution in [1.29, 1.82) is 0 Å². The second-order valence-electron chi connectivity index (χ2n) is 14.7. The first-order valence-corrected chi connectivity index (χ1v) is 16.9. The molecule has 2 aromatic heterocycles. The molecule has 49 heavy (non-hydrogen) atoms. The van der Waals surface area contributed by atoms with Gasteiger partial charge in [-0.3, -0.25) is 0 Å². The number of aromatic nitrogens is 4. The van der Waals surface area contributed by atoms with Gasteiger partial charge >= 0.3 is 0 Å². The molecule has 0 saturated heterocycles. The van der Waals surface area contributed by atoms with Gasteiger partial charge in [-0.2, -0.15) is 9.97 Å². The Hall–Kier alpha value is -5.24. The molecule has 2 N–H and O–H groups in total. The molecule has 2 heterocycles. The lowest BCUT2D eigenvalue weighted by Gasteiger charge is -2.22. The zero-order valence-corrected chi connectivity index (χ0v) is 29.1. The first-order valence-electron chi connectivity index (χ1n) is 16.9. The molecule has 252 valence electrons. The van der Waals surface area contributed by atoms with Crippen LogP contribution in [0.2, 0.25) is 0 Å². The van der Waals surface area contributed by atoms with Crippen LogP contribution in [-0.2, 0) is 23.7 Å². The zero-order chi connectivity index (χ0) is 34.8. The number of phenolic OH excluding ortho intramolecular Hbond substituents is 2. The van der Waals surface area contributed by atoms with E-state index in [1.54, 1.807) is 0 Å². The Morgan fingerprint density at radius 1 is 0.510 bits per heavy atom. The normalized spacial score (nSPS) is 12.0. The average molecular weight is 657 g/mol. The average Bonchev–Trinajstić information content (AvgIpc) is 3.75. The van der Waals surface area contributed by atoms with E-state index in [1.165, 1.54) is 0 Å². The number of hydrogen-bond donors (Lipinski definition) is 2. The van der Waals surface area contributed by atoms with Crippen LogP contribution in [0.25, 0.3) is 45.0 Å². The van der Waals surface area contributed by atoms with Crippen LogP contribution in [0.3, 0.4) is 0 Å². The van der Waals surface area contributed by atoms with Crippen LogP contribution in [0.1, 0.15) is 83.7 Å². The Bertz CT molecular complexity index is 1890. The minimum absolute atomic E-state index is 0.139. The highest BCUT2D eigenvalue weighted by atomic mass is 16.5. The molecule has 0 aliphatic heterocycles. The van der Waals surface area contributed by atoms with Crippen molar-refractivity contribution in [3.8, 4) is 56.5 Å². The topological polar surface area (TPSA) is 118 Å². The van der Waals surface area contributed by atoms with Crippen molar-refractivity contribution in [2.24, 2.45) is 0 Å². The molecule has 0 amide bonds. The Kier molecular flexibility index (Phi) is 9.41. The molecule has 0 saturated carbocycles. The fourth-order valence-electron chi connectivity index (χ4n) is 5.81. The van der Waals surface area contributed by atoms with Crippen LogP contribution < -0.4 is 0 Å².